The van der Waals surface area contributed by atoms with Gasteiger partial charge in [0.25, 0.3) is 0 Å². The number of benzene rings is 1. The topological polar surface area (TPSA) is 26.0 Å². The highest BCUT2D eigenvalue weighted by Crippen LogP contribution is 2.43. The van der Waals surface area contributed by atoms with E-state index >= 15 is 0 Å². The highest BCUT2D eigenvalue weighted by atomic mass is 32.1. The zero-order chi connectivity index (χ0) is 18.7. The van der Waals surface area contributed by atoms with Gasteiger partial charge in [-0.25, -0.2) is 4.68 Å². The molecule has 6 heteroatoms. The third kappa shape index (κ3) is 2.90. The van der Waals surface area contributed by atoms with Crippen LogP contribution in [0.2, 0.25) is 0 Å². The molecular formula is C22H24N4S2. The van der Waals surface area contributed by atoms with Crippen LogP contribution in [0.4, 0.5) is 0 Å². The van der Waals surface area contributed by atoms with E-state index in [4.69, 9.17) is 17.3 Å². The summed E-state index contributed by atoms with van der Waals surface area (Å²) in [6.07, 6.45) is 7.44. The second-order valence-electron chi connectivity index (χ2n) is 8.32. The van der Waals surface area contributed by atoms with Gasteiger partial charge in [-0.05, 0) is 73.3 Å². The summed E-state index contributed by atoms with van der Waals surface area (Å²) in [6.45, 7) is 0.806. The van der Waals surface area contributed by atoms with Gasteiger partial charge in [-0.2, -0.15) is 0 Å². The summed E-state index contributed by atoms with van der Waals surface area (Å²) in [6, 6.07) is 15.0. The number of aryl methyl sites for hydroxylation is 1. The number of nitrogens with zero attached hydrogens (tertiary/aromatic N) is 4. The molecule has 4 nitrogen and oxygen atoms in total. The van der Waals surface area contributed by atoms with Crippen LogP contribution in [0.1, 0.15) is 55.3 Å². The van der Waals surface area contributed by atoms with Crippen molar-refractivity contribution in [1.82, 2.24) is 19.2 Å². The molecule has 1 unspecified atom stereocenters. The zero-order valence-electron chi connectivity index (χ0n) is 15.8. The minimum atomic E-state index is 0.502. The van der Waals surface area contributed by atoms with Gasteiger partial charge < -0.3 is 0 Å². The van der Waals surface area contributed by atoms with Crippen molar-refractivity contribution >= 4 is 23.6 Å². The van der Waals surface area contributed by atoms with Crippen molar-refractivity contribution in [2.75, 3.05) is 0 Å². The first-order valence-corrected chi connectivity index (χ1v) is 11.6. The minimum absolute atomic E-state index is 0.502. The van der Waals surface area contributed by atoms with Crippen molar-refractivity contribution in [1.29, 1.82) is 0 Å². The fraction of sp³-hybridized carbons (Fsp3) is 0.455. The summed E-state index contributed by atoms with van der Waals surface area (Å²) >= 11 is 7.68. The molecule has 3 aliphatic rings. The number of hydrogen-bond donors (Lipinski definition) is 0. The molecule has 6 rings (SSSR count). The molecule has 0 amide bonds. The molecule has 1 atom stereocenters. The Kier molecular flexibility index (Phi) is 4.07. The van der Waals surface area contributed by atoms with E-state index < -0.39 is 0 Å². The van der Waals surface area contributed by atoms with Crippen LogP contribution in [0.25, 0.3) is 10.7 Å². The molecule has 0 spiro atoms. The zero-order valence-corrected chi connectivity index (χ0v) is 17.5. The predicted octanol–water partition coefficient (Wildman–Crippen LogP) is 5.59. The highest BCUT2D eigenvalue weighted by molar-refractivity contribution is 7.71. The van der Waals surface area contributed by atoms with Gasteiger partial charge in [-0.3, -0.25) is 9.47 Å². The Morgan fingerprint density at radius 1 is 1.07 bits per heavy atom. The number of thiophene rings is 1. The Morgan fingerprint density at radius 2 is 1.93 bits per heavy atom. The fourth-order valence-electron chi connectivity index (χ4n) is 4.66. The first-order chi connectivity index (χ1) is 13.8. The maximum atomic E-state index is 5.92. The van der Waals surface area contributed by atoms with Crippen molar-refractivity contribution in [3.05, 3.63) is 57.7 Å². The van der Waals surface area contributed by atoms with E-state index in [2.05, 4.69) is 55.9 Å². The predicted molar refractivity (Wildman–Crippen MR) is 115 cm³/mol. The molecule has 2 saturated carbocycles. The van der Waals surface area contributed by atoms with Gasteiger partial charge >= 0.3 is 0 Å². The number of aromatic nitrogens is 3. The average Bonchev–Trinajstić information content (AvgIpc) is 3.60. The molecule has 1 aromatic carbocycles. The van der Waals surface area contributed by atoms with Crippen LogP contribution in [0.15, 0.2) is 41.8 Å². The summed E-state index contributed by atoms with van der Waals surface area (Å²) in [4.78, 5) is 3.89. The van der Waals surface area contributed by atoms with E-state index in [9.17, 15) is 0 Å². The molecule has 3 aliphatic carbocycles. The smallest absolute Gasteiger partial charge is 0.199 e. The summed E-state index contributed by atoms with van der Waals surface area (Å²) in [5, 5.41) is 7.16. The Balaban J connectivity index is 1.37. The maximum absolute atomic E-state index is 5.92. The van der Waals surface area contributed by atoms with Crippen molar-refractivity contribution in [3.8, 4) is 10.7 Å². The van der Waals surface area contributed by atoms with Crippen molar-refractivity contribution in [3.63, 3.8) is 0 Å². The molecule has 28 heavy (non-hydrogen) atoms. The molecule has 3 aromatic rings. The van der Waals surface area contributed by atoms with Crippen LogP contribution >= 0.6 is 23.6 Å². The van der Waals surface area contributed by atoms with Crippen molar-refractivity contribution in [2.45, 2.75) is 63.3 Å². The van der Waals surface area contributed by atoms with E-state index in [0.717, 1.165) is 17.3 Å². The molecule has 0 radical (unpaired) electrons. The third-order valence-electron chi connectivity index (χ3n) is 6.34. The SMILES string of the molecule is S=c1n(CN(C2CC2)C2CCc3ccccc32)nc(-c2cccs2)n1C1CC1. The van der Waals surface area contributed by atoms with Gasteiger partial charge in [-0.15, -0.1) is 16.4 Å². The minimum Gasteiger partial charge on any atom is -0.296 e. The molecule has 2 fully saturated rings. The molecule has 2 heterocycles. The standard InChI is InChI=1S/C22H24N4S2/c27-22-25(23-21(20-6-3-13-28-20)26(22)17-10-11-17)14-24(16-8-9-16)19-12-7-15-4-1-2-5-18(15)19/h1-6,13,16-17,19H,7-12,14H2. The lowest BCUT2D eigenvalue weighted by Crippen LogP contribution is -2.32. The normalized spacial score (nSPS) is 21.4. The quantitative estimate of drug-likeness (QED) is 0.498. The third-order valence-corrected chi connectivity index (χ3v) is 7.61. The first kappa shape index (κ1) is 17.1. The Morgan fingerprint density at radius 3 is 2.68 bits per heavy atom. The van der Waals surface area contributed by atoms with Crippen LogP contribution in [0.3, 0.4) is 0 Å². The second-order valence-corrected chi connectivity index (χ2v) is 9.64. The number of fused-ring (bicyclic) bond motifs is 1. The molecular weight excluding hydrogens is 384 g/mol. The van der Waals surface area contributed by atoms with Crippen LogP contribution in [0.5, 0.6) is 0 Å². The van der Waals surface area contributed by atoms with Crippen LogP contribution < -0.4 is 0 Å². The van der Waals surface area contributed by atoms with E-state index in [0.29, 0.717) is 18.1 Å². The first-order valence-electron chi connectivity index (χ1n) is 10.4. The number of rotatable bonds is 6. The molecule has 144 valence electrons. The van der Waals surface area contributed by atoms with Gasteiger partial charge in [0.15, 0.2) is 10.6 Å². The second kappa shape index (κ2) is 6.65. The fourth-order valence-corrected chi connectivity index (χ4v) is 5.70. The maximum Gasteiger partial charge on any atom is 0.199 e. The van der Waals surface area contributed by atoms with Crippen molar-refractivity contribution < 1.29 is 0 Å². The Bertz CT molecular complexity index is 1060. The summed E-state index contributed by atoms with van der Waals surface area (Å²) in [5.74, 6) is 1.06. The number of hydrogen-bond acceptors (Lipinski definition) is 4. The monoisotopic (exact) mass is 408 g/mol. The van der Waals surface area contributed by atoms with Gasteiger partial charge in [0, 0.05) is 18.1 Å². The highest BCUT2D eigenvalue weighted by Gasteiger charge is 2.38. The Hall–Kier alpha value is -1.76. The molecule has 0 aliphatic heterocycles. The molecule has 0 bridgehead atoms. The Labute approximate surface area is 174 Å². The van der Waals surface area contributed by atoms with Gasteiger partial charge in [-0.1, -0.05) is 30.3 Å². The van der Waals surface area contributed by atoms with Gasteiger partial charge in [0.05, 0.1) is 11.5 Å². The largest absolute Gasteiger partial charge is 0.296 e. The molecule has 2 aromatic heterocycles. The lowest BCUT2D eigenvalue weighted by atomic mass is 10.1. The van der Waals surface area contributed by atoms with Crippen LogP contribution in [0, 0.1) is 4.77 Å². The van der Waals surface area contributed by atoms with E-state index in [1.54, 1.807) is 11.3 Å². The summed E-state index contributed by atoms with van der Waals surface area (Å²) in [5.41, 5.74) is 3.03. The van der Waals surface area contributed by atoms with Crippen molar-refractivity contribution in [2.24, 2.45) is 0 Å². The summed E-state index contributed by atoms with van der Waals surface area (Å²) in [7, 11) is 0. The molecule has 0 saturated heterocycles. The summed E-state index contributed by atoms with van der Waals surface area (Å²) < 4.78 is 5.31. The molecule has 0 N–H and O–H groups in total. The van der Waals surface area contributed by atoms with Crippen LogP contribution in [-0.4, -0.2) is 25.3 Å². The van der Waals surface area contributed by atoms with E-state index in [1.165, 1.54) is 54.5 Å². The van der Waals surface area contributed by atoms with Gasteiger partial charge in [0.1, 0.15) is 0 Å². The lowest BCUT2D eigenvalue weighted by Gasteiger charge is -2.29. The van der Waals surface area contributed by atoms with Crippen LogP contribution in [-0.2, 0) is 13.1 Å². The van der Waals surface area contributed by atoms with Gasteiger partial charge in [0.2, 0.25) is 0 Å². The lowest BCUT2D eigenvalue weighted by molar-refractivity contribution is 0.131. The van der Waals surface area contributed by atoms with E-state index in [1.807, 2.05) is 0 Å². The average molecular weight is 409 g/mol. The van der Waals surface area contributed by atoms with E-state index in [-0.39, 0.29) is 0 Å².